The van der Waals surface area contributed by atoms with Gasteiger partial charge in [0, 0.05) is 37.1 Å². The number of benzene rings is 1. The Balaban J connectivity index is 2.25. The van der Waals surface area contributed by atoms with Crippen molar-refractivity contribution in [2.24, 2.45) is 5.41 Å². The molecule has 0 aliphatic heterocycles. The van der Waals surface area contributed by atoms with Crippen LogP contribution in [0.1, 0.15) is 51.5 Å². The van der Waals surface area contributed by atoms with Crippen LogP contribution in [0.2, 0.25) is 0 Å². The minimum Gasteiger partial charge on any atom is -0.378 e. The second-order valence-corrected chi connectivity index (χ2v) is 8.79. The number of ketones is 2. The molecule has 0 atom stereocenters. The highest BCUT2D eigenvalue weighted by Crippen LogP contribution is 2.37. The van der Waals surface area contributed by atoms with Gasteiger partial charge in [0.15, 0.2) is 11.6 Å². The van der Waals surface area contributed by atoms with E-state index in [9.17, 15) is 9.59 Å². The van der Waals surface area contributed by atoms with Crippen molar-refractivity contribution in [2.45, 2.75) is 46.0 Å². The molecule has 1 aromatic rings. The lowest BCUT2D eigenvalue weighted by molar-refractivity contribution is -0.124. The Kier molecular flexibility index (Phi) is 5.69. The third-order valence-electron chi connectivity index (χ3n) is 4.32. The van der Waals surface area contributed by atoms with Gasteiger partial charge in [-0.25, -0.2) is 0 Å². The largest absolute Gasteiger partial charge is 0.378 e. The van der Waals surface area contributed by atoms with E-state index in [0.717, 1.165) is 22.1 Å². The summed E-state index contributed by atoms with van der Waals surface area (Å²) >= 11 is 3.57. The predicted octanol–water partition coefficient (Wildman–Crippen LogP) is 4.89. The van der Waals surface area contributed by atoms with Crippen molar-refractivity contribution in [1.29, 1.82) is 0 Å². The number of allylic oxidation sites excluding steroid dienone is 2. The normalized spacial score (nSPS) is 18.8. The highest BCUT2D eigenvalue weighted by Gasteiger charge is 2.32. The summed E-state index contributed by atoms with van der Waals surface area (Å²) in [5, 5.41) is 0. The molecule has 0 unspecified atom stereocenters. The fourth-order valence-corrected chi connectivity index (χ4v) is 3.44. The molecule has 24 heavy (non-hydrogen) atoms. The molecule has 0 N–H and O–H groups in total. The molecule has 0 heterocycles. The second kappa shape index (κ2) is 7.22. The Morgan fingerprint density at radius 2 is 1.75 bits per heavy atom. The van der Waals surface area contributed by atoms with Crippen molar-refractivity contribution in [1.82, 2.24) is 0 Å². The Labute approximate surface area is 153 Å². The summed E-state index contributed by atoms with van der Waals surface area (Å²) in [7, 11) is 3.97. The first-order valence-electron chi connectivity index (χ1n) is 8.32. The highest BCUT2D eigenvalue weighted by molar-refractivity contribution is 9.10. The maximum absolute atomic E-state index is 12.5. The van der Waals surface area contributed by atoms with Crippen LogP contribution in [0.25, 0.3) is 0 Å². The maximum Gasteiger partial charge on any atom is 0.166 e. The van der Waals surface area contributed by atoms with Crippen LogP contribution in [-0.2, 0) is 9.59 Å². The van der Waals surface area contributed by atoms with E-state index in [-0.39, 0.29) is 22.9 Å². The number of carbonyl (C=O) groups excluding carboxylic acids is 2. The Morgan fingerprint density at radius 3 is 2.25 bits per heavy atom. The van der Waals surface area contributed by atoms with Crippen LogP contribution in [0, 0.1) is 5.41 Å². The molecule has 0 bridgehead atoms. The smallest absolute Gasteiger partial charge is 0.166 e. The SMILES string of the molecule is CN(C)c1ccc(Br)c(C2CC(=O)C(=CCC(C)(C)C)C(=O)C2)c1. The molecule has 1 aliphatic rings. The molecule has 1 saturated carbocycles. The van der Waals surface area contributed by atoms with Gasteiger partial charge in [-0.2, -0.15) is 0 Å². The van der Waals surface area contributed by atoms with E-state index in [1.165, 1.54) is 0 Å². The molecule has 1 aromatic carbocycles. The number of anilines is 1. The van der Waals surface area contributed by atoms with Crippen LogP contribution in [0.15, 0.2) is 34.3 Å². The van der Waals surface area contributed by atoms with Gasteiger partial charge < -0.3 is 4.90 Å². The van der Waals surface area contributed by atoms with Gasteiger partial charge in [-0.05, 0) is 41.5 Å². The monoisotopic (exact) mass is 391 g/mol. The minimum absolute atomic E-state index is 0.0253. The maximum atomic E-state index is 12.5. The van der Waals surface area contributed by atoms with Crippen LogP contribution in [0.5, 0.6) is 0 Å². The van der Waals surface area contributed by atoms with Crippen LogP contribution in [-0.4, -0.2) is 25.7 Å². The van der Waals surface area contributed by atoms with Crippen molar-refractivity contribution < 1.29 is 9.59 Å². The van der Waals surface area contributed by atoms with Gasteiger partial charge >= 0.3 is 0 Å². The van der Waals surface area contributed by atoms with Crippen molar-refractivity contribution in [3.8, 4) is 0 Å². The average Bonchev–Trinajstić information content (AvgIpc) is 2.45. The fraction of sp³-hybridized carbons (Fsp3) is 0.500. The Bertz CT molecular complexity index is 663. The average molecular weight is 392 g/mol. The topological polar surface area (TPSA) is 37.4 Å². The summed E-state index contributed by atoms with van der Waals surface area (Å²) in [6.07, 6.45) is 3.38. The summed E-state index contributed by atoms with van der Waals surface area (Å²) < 4.78 is 0.959. The summed E-state index contributed by atoms with van der Waals surface area (Å²) in [6, 6.07) is 6.08. The first-order chi connectivity index (χ1) is 11.1. The van der Waals surface area contributed by atoms with Gasteiger partial charge in [-0.1, -0.05) is 42.8 Å². The van der Waals surface area contributed by atoms with E-state index in [0.29, 0.717) is 18.4 Å². The lowest BCUT2D eigenvalue weighted by Crippen LogP contribution is -2.25. The highest BCUT2D eigenvalue weighted by atomic mass is 79.9. The van der Waals surface area contributed by atoms with Crippen molar-refractivity contribution in [3.63, 3.8) is 0 Å². The van der Waals surface area contributed by atoms with E-state index in [1.807, 2.05) is 37.2 Å². The fourth-order valence-electron chi connectivity index (χ4n) is 2.87. The third kappa shape index (κ3) is 4.56. The molecule has 0 spiro atoms. The van der Waals surface area contributed by atoms with E-state index in [2.05, 4.69) is 42.8 Å². The minimum atomic E-state index is -0.0499. The standard InChI is InChI=1S/C20H26BrNO2/c1-20(2,3)9-8-15-18(23)10-13(11-19(15)24)16-12-14(22(4)5)6-7-17(16)21/h6-8,12-13H,9-11H2,1-5H3. The first kappa shape index (κ1) is 18.9. The second-order valence-electron chi connectivity index (χ2n) is 7.93. The van der Waals surface area contributed by atoms with Gasteiger partial charge in [-0.15, -0.1) is 0 Å². The molecule has 0 radical (unpaired) electrons. The van der Waals surface area contributed by atoms with Gasteiger partial charge in [0.1, 0.15) is 0 Å². The van der Waals surface area contributed by atoms with E-state index in [4.69, 9.17) is 0 Å². The third-order valence-corrected chi connectivity index (χ3v) is 5.04. The van der Waals surface area contributed by atoms with Gasteiger partial charge in [0.05, 0.1) is 5.57 Å². The van der Waals surface area contributed by atoms with Crippen LogP contribution in [0.3, 0.4) is 0 Å². The molecule has 0 saturated heterocycles. The number of carbonyl (C=O) groups is 2. The number of halogens is 1. The van der Waals surface area contributed by atoms with E-state index in [1.54, 1.807) is 0 Å². The van der Waals surface area contributed by atoms with Gasteiger partial charge in [0.2, 0.25) is 0 Å². The van der Waals surface area contributed by atoms with Crippen LogP contribution in [0.4, 0.5) is 5.69 Å². The van der Waals surface area contributed by atoms with Gasteiger partial charge in [0.25, 0.3) is 0 Å². The van der Waals surface area contributed by atoms with E-state index >= 15 is 0 Å². The molecule has 1 aliphatic carbocycles. The van der Waals surface area contributed by atoms with Crippen molar-refractivity contribution in [2.75, 3.05) is 19.0 Å². The Morgan fingerprint density at radius 1 is 1.17 bits per heavy atom. The molecular formula is C20H26BrNO2. The number of rotatable bonds is 3. The first-order valence-corrected chi connectivity index (χ1v) is 9.11. The quantitative estimate of drug-likeness (QED) is 0.543. The number of hydrogen-bond donors (Lipinski definition) is 0. The summed E-state index contributed by atoms with van der Waals surface area (Å²) in [5.74, 6) is -0.101. The summed E-state index contributed by atoms with van der Waals surface area (Å²) in [4.78, 5) is 27.1. The zero-order chi connectivity index (χ0) is 18.1. The number of nitrogens with zero attached hydrogens (tertiary/aromatic N) is 1. The van der Waals surface area contributed by atoms with Crippen molar-refractivity contribution in [3.05, 3.63) is 39.9 Å². The molecule has 0 aromatic heterocycles. The van der Waals surface area contributed by atoms with Crippen LogP contribution < -0.4 is 4.90 Å². The van der Waals surface area contributed by atoms with Gasteiger partial charge in [-0.3, -0.25) is 9.59 Å². The summed E-state index contributed by atoms with van der Waals surface area (Å²) in [6.45, 7) is 6.32. The van der Waals surface area contributed by atoms with Crippen LogP contribution >= 0.6 is 15.9 Å². The lowest BCUT2D eigenvalue weighted by atomic mass is 9.78. The molecule has 4 heteroatoms. The molecular weight excluding hydrogens is 366 g/mol. The number of hydrogen-bond acceptors (Lipinski definition) is 3. The molecule has 1 fully saturated rings. The Hall–Kier alpha value is -1.42. The molecule has 0 amide bonds. The summed E-state index contributed by atoms with van der Waals surface area (Å²) in [5.41, 5.74) is 2.59. The lowest BCUT2D eigenvalue weighted by Gasteiger charge is -2.25. The zero-order valence-electron chi connectivity index (χ0n) is 15.1. The predicted molar refractivity (Wildman–Crippen MR) is 103 cm³/mol. The zero-order valence-corrected chi connectivity index (χ0v) is 16.7. The molecule has 2 rings (SSSR count). The van der Waals surface area contributed by atoms with E-state index < -0.39 is 0 Å². The molecule has 3 nitrogen and oxygen atoms in total. The molecule has 130 valence electrons. The number of Topliss-reactive ketones (excluding diaryl/α,β-unsaturated/α-hetero) is 2. The van der Waals surface area contributed by atoms with Crippen molar-refractivity contribution >= 4 is 33.2 Å².